The number of Topliss-reactive ketones (excluding diaryl/α,β-unsaturated/α-hetero) is 1. The van der Waals surface area contributed by atoms with Crippen LogP contribution in [0.5, 0.6) is 0 Å². The fourth-order valence-corrected chi connectivity index (χ4v) is 2.95. The van der Waals surface area contributed by atoms with Gasteiger partial charge in [-0.3, -0.25) is 9.59 Å². The molecule has 1 aromatic carbocycles. The molecule has 0 saturated carbocycles. The maximum atomic E-state index is 12.9. The molecule has 0 aliphatic rings. The van der Waals surface area contributed by atoms with Crippen molar-refractivity contribution in [1.29, 1.82) is 0 Å². The summed E-state index contributed by atoms with van der Waals surface area (Å²) in [6.07, 6.45) is 0.637. The molecule has 0 bridgehead atoms. The van der Waals surface area contributed by atoms with Crippen LogP contribution in [0.4, 0.5) is 0 Å². The van der Waals surface area contributed by atoms with Crippen molar-refractivity contribution < 1.29 is 14.0 Å². The highest BCUT2D eigenvalue weighted by molar-refractivity contribution is 6.30. The van der Waals surface area contributed by atoms with Gasteiger partial charge in [-0.15, -0.1) is 0 Å². The van der Waals surface area contributed by atoms with Gasteiger partial charge in [0.15, 0.2) is 5.78 Å². The molecule has 1 aromatic heterocycles. The molecule has 2 aromatic rings. The fourth-order valence-electron chi connectivity index (χ4n) is 2.83. The van der Waals surface area contributed by atoms with E-state index in [1.54, 1.807) is 32.2 Å². The van der Waals surface area contributed by atoms with E-state index in [1.165, 1.54) is 11.8 Å². The Morgan fingerprint density at radius 1 is 1.20 bits per heavy atom. The molecule has 1 heterocycles. The summed E-state index contributed by atoms with van der Waals surface area (Å²) >= 11 is 5.91. The molecular formula is C20H24ClNO3. The first-order valence-electron chi connectivity index (χ1n) is 8.34. The van der Waals surface area contributed by atoms with E-state index in [2.05, 4.69) is 0 Å². The number of carbonyl (C=O) groups is 2. The van der Waals surface area contributed by atoms with Crippen molar-refractivity contribution in [3.05, 3.63) is 46.7 Å². The molecule has 2 rings (SSSR count). The highest BCUT2D eigenvalue weighted by atomic mass is 35.5. The number of furan rings is 1. The predicted octanol–water partition coefficient (Wildman–Crippen LogP) is 4.98. The molecular weight excluding hydrogens is 338 g/mol. The second kappa shape index (κ2) is 7.87. The first kappa shape index (κ1) is 19.3. The van der Waals surface area contributed by atoms with Crippen molar-refractivity contribution in [1.82, 2.24) is 4.90 Å². The Hall–Kier alpha value is -2.07. The Labute approximate surface area is 153 Å². The van der Waals surface area contributed by atoms with Gasteiger partial charge in [-0.2, -0.15) is 0 Å². The molecule has 1 amide bonds. The van der Waals surface area contributed by atoms with Crippen molar-refractivity contribution in [3.8, 4) is 11.3 Å². The second-order valence-corrected chi connectivity index (χ2v) is 7.20. The number of hydrogen-bond donors (Lipinski definition) is 0. The van der Waals surface area contributed by atoms with Gasteiger partial charge in [0.1, 0.15) is 11.5 Å². The summed E-state index contributed by atoms with van der Waals surface area (Å²) in [6.45, 7) is 7.36. The van der Waals surface area contributed by atoms with Gasteiger partial charge in [0.25, 0.3) is 5.91 Å². The quantitative estimate of drug-likeness (QED) is 0.728. The lowest BCUT2D eigenvalue weighted by molar-refractivity contribution is -0.121. The Balaban J connectivity index is 2.29. The minimum absolute atomic E-state index is 0.0105. The number of aryl methyl sites for hydroxylation is 1. The minimum Gasteiger partial charge on any atom is -0.461 e. The molecule has 134 valence electrons. The average molecular weight is 362 g/mol. The van der Waals surface area contributed by atoms with E-state index in [4.69, 9.17) is 16.0 Å². The number of benzene rings is 1. The number of rotatable bonds is 6. The largest absolute Gasteiger partial charge is 0.461 e. The molecule has 0 aliphatic heterocycles. The van der Waals surface area contributed by atoms with Crippen molar-refractivity contribution in [2.24, 2.45) is 5.92 Å². The molecule has 0 spiro atoms. The van der Waals surface area contributed by atoms with Crippen LogP contribution in [0.15, 0.2) is 34.7 Å². The van der Waals surface area contributed by atoms with Crippen LogP contribution in [0.1, 0.15) is 43.3 Å². The van der Waals surface area contributed by atoms with Crippen LogP contribution >= 0.6 is 11.6 Å². The first-order chi connectivity index (χ1) is 11.7. The Morgan fingerprint density at radius 2 is 1.80 bits per heavy atom. The lowest BCUT2D eigenvalue weighted by Crippen LogP contribution is -2.42. The maximum Gasteiger partial charge on any atom is 0.257 e. The van der Waals surface area contributed by atoms with Crippen molar-refractivity contribution in [3.63, 3.8) is 0 Å². The van der Waals surface area contributed by atoms with Gasteiger partial charge in [0.05, 0.1) is 11.6 Å². The third kappa shape index (κ3) is 4.51. The van der Waals surface area contributed by atoms with Crippen LogP contribution in [0.25, 0.3) is 11.3 Å². The SMILES string of the molecule is CC(=O)[C@@H](CC(C)C)N(C)C(=O)c1cc(-c2ccc(Cl)cc2)oc1C. The zero-order valence-corrected chi connectivity index (χ0v) is 16.1. The molecule has 0 fully saturated rings. The lowest BCUT2D eigenvalue weighted by Gasteiger charge is -2.27. The normalized spacial score (nSPS) is 12.3. The number of hydrogen-bond acceptors (Lipinski definition) is 3. The van der Waals surface area contributed by atoms with Gasteiger partial charge in [-0.05, 0) is 56.5 Å². The number of likely N-dealkylation sites (N-methyl/N-ethyl adjacent to an activating group) is 1. The highest BCUT2D eigenvalue weighted by Crippen LogP contribution is 2.28. The number of carbonyl (C=O) groups excluding carboxylic acids is 2. The molecule has 5 heteroatoms. The number of amides is 1. The minimum atomic E-state index is -0.430. The van der Waals surface area contributed by atoms with Crippen LogP contribution < -0.4 is 0 Å². The number of halogens is 1. The van der Waals surface area contributed by atoms with Crippen LogP contribution in [-0.4, -0.2) is 29.7 Å². The number of nitrogens with zero attached hydrogens (tertiary/aromatic N) is 1. The molecule has 4 nitrogen and oxygen atoms in total. The van der Waals surface area contributed by atoms with Gasteiger partial charge in [-0.25, -0.2) is 0 Å². The zero-order valence-electron chi connectivity index (χ0n) is 15.3. The van der Waals surface area contributed by atoms with Crippen molar-refractivity contribution >= 4 is 23.3 Å². The van der Waals surface area contributed by atoms with Gasteiger partial charge in [-0.1, -0.05) is 25.4 Å². The molecule has 25 heavy (non-hydrogen) atoms. The summed E-state index contributed by atoms with van der Waals surface area (Å²) in [6, 6.07) is 8.53. The summed E-state index contributed by atoms with van der Waals surface area (Å²) < 4.78 is 5.76. The fraction of sp³-hybridized carbons (Fsp3) is 0.400. The van der Waals surface area contributed by atoms with E-state index in [0.29, 0.717) is 34.4 Å². The standard InChI is InChI=1S/C20H24ClNO3/c1-12(2)10-18(13(3)23)22(5)20(24)17-11-19(25-14(17)4)15-6-8-16(21)9-7-15/h6-9,11-12,18H,10H2,1-5H3/t18-/m1/s1. The monoisotopic (exact) mass is 361 g/mol. The van der Waals surface area contributed by atoms with Crippen LogP contribution in [0, 0.1) is 12.8 Å². The van der Waals surface area contributed by atoms with Gasteiger partial charge in [0.2, 0.25) is 0 Å². The molecule has 0 unspecified atom stereocenters. The van der Waals surface area contributed by atoms with Crippen molar-refractivity contribution in [2.45, 2.75) is 40.2 Å². The second-order valence-electron chi connectivity index (χ2n) is 6.76. The Bertz CT molecular complexity index is 762. The van der Waals surface area contributed by atoms with Gasteiger partial charge in [0, 0.05) is 17.6 Å². The Morgan fingerprint density at radius 3 is 2.32 bits per heavy atom. The maximum absolute atomic E-state index is 12.9. The van der Waals surface area contributed by atoms with E-state index in [0.717, 1.165) is 5.56 Å². The summed E-state index contributed by atoms with van der Waals surface area (Å²) in [5.41, 5.74) is 1.32. The molecule has 1 atom stereocenters. The molecule has 0 N–H and O–H groups in total. The van der Waals surface area contributed by atoms with Crippen LogP contribution in [0.2, 0.25) is 5.02 Å². The summed E-state index contributed by atoms with van der Waals surface area (Å²) in [5, 5.41) is 0.640. The van der Waals surface area contributed by atoms with Crippen LogP contribution in [-0.2, 0) is 4.79 Å². The van der Waals surface area contributed by atoms with E-state index in [9.17, 15) is 9.59 Å². The Kier molecular flexibility index (Phi) is 6.07. The summed E-state index contributed by atoms with van der Waals surface area (Å²) in [5.74, 6) is 1.24. The first-order valence-corrected chi connectivity index (χ1v) is 8.72. The third-order valence-corrected chi connectivity index (χ3v) is 4.48. The predicted molar refractivity (Wildman–Crippen MR) is 99.9 cm³/mol. The van der Waals surface area contributed by atoms with E-state index in [1.807, 2.05) is 26.0 Å². The smallest absolute Gasteiger partial charge is 0.257 e. The highest BCUT2D eigenvalue weighted by Gasteiger charge is 2.28. The summed E-state index contributed by atoms with van der Waals surface area (Å²) in [4.78, 5) is 26.4. The van der Waals surface area contributed by atoms with Crippen molar-refractivity contribution in [2.75, 3.05) is 7.05 Å². The summed E-state index contributed by atoms with van der Waals surface area (Å²) in [7, 11) is 1.67. The molecule has 0 saturated heterocycles. The van der Waals surface area contributed by atoms with Gasteiger partial charge >= 0.3 is 0 Å². The van der Waals surface area contributed by atoms with E-state index in [-0.39, 0.29) is 11.7 Å². The topological polar surface area (TPSA) is 50.5 Å². The van der Waals surface area contributed by atoms with E-state index < -0.39 is 6.04 Å². The lowest BCUT2D eigenvalue weighted by atomic mass is 9.99. The average Bonchev–Trinajstić information content (AvgIpc) is 2.93. The zero-order chi connectivity index (χ0) is 18.7. The van der Waals surface area contributed by atoms with E-state index >= 15 is 0 Å². The van der Waals surface area contributed by atoms with Crippen LogP contribution in [0.3, 0.4) is 0 Å². The number of ketones is 1. The third-order valence-electron chi connectivity index (χ3n) is 4.23. The molecule has 0 aliphatic carbocycles. The van der Waals surface area contributed by atoms with Gasteiger partial charge < -0.3 is 9.32 Å². The molecule has 0 radical (unpaired) electrons.